The van der Waals surface area contributed by atoms with Gasteiger partial charge in [0, 0.05) is 18.5 Å². The summed E-state index contributed by atoms with van der Waals surface area (Å²) in [6.07, 6.45) is 5.91. The van der Waals surface area contributed by atoms with Crippen molar-refractivity contribution in [2.24, 2.45) is 0 Å². The van der Waals surface area contributed by atoms with E-state index in [1.54, 1.807) is 18.2 Å². The second-order valence-corrected chi connectivity index (χ2v) is 3.72. The van der Waals surface area contributed by atoms with Gasteiger partial charge < -0.3 is 10.4 Å². The zero-order valence-electron chi connectivity index (χ0n) is 10.3. The number of carboxylic acid groups (broad SMARTS) is 1. The molecule has 0 saturated carbocycles. The van der Waals surface area contributed by atoms with Crippen LogP contribution in [0.3, 0.4) is 0 Å². The van der Waals surface area contributed by atoms with Gasteiger partial charge >= 0.3 is 5.97 Å². The lowest BCUT2D eigenvalue weighted by molar-refractivity contribution is -0.137. The van der Waals surface area contributed by atoms with Crippen molar-refractivity contribution in [3.05, 3.63) is 36.1 Å². The minimum atomic E-state index is -0.883. The quantitative estimate of drug-likeness (QED) is 0.668. The molecule has 1 amide bonds. The molecule has 0 aliphatic carbocycles. The van der Waals surface area contributed by atoms with Crippen molar-refractivity contribution in [3.63, 3.8) is 0 Å². The van der Waals surface area contributed by atoms with Crippen LogP contribution in [0, 0.1) is 0 Å². The van der Waals surface area contributed by atoms with Gasteiger partial charge in [-0.1, -0.05) is 24.3 Å². The Bertz CT molecular complexity index is 354. The highest BCUT2D eigenvalue weighted by atomic mass is 16.4. The largest absolute Gasteiger partial charge is 0.481 e. The van der Waals surface area contributed by atoms with E-state index in [1.165, 1.54) is 0 Å². The van der Waals surface area contributed by atoms with Crippen LogP contribution in [-0.2, 0) is 9.59 Å². The van der Waals surface area contributed by atoms with Crippen LogP contribution in [0.15, 0.2) is 36.1 Å². The molecule has 0 rings (SSSR count). The molecule has 2 N–H and O–H groups in total. The second kappa shape index (κ2) is 8.33. The van der Waals surface area contributed by atoms with Crippen molar-refractivity contribution >= 4 is 11.9 Å². The fraction of sp³-hybridized carbons (Fsp3) is 0.385. The first-order chi connectivity index (χ1) is 7.95. The summed E-state index contributed by atoms with van der Waals surface area (Å²) in [6.45, 7) is 7.39. The summed E-state index contributed by atoms with van der Waals surface area (Å²) in [6, 6.07) is 0. The van der Waals surface area contributed by atoms with Crippen molar-refractivity contribution in [1.29, 1.82) is 0 Å². The van der Waals surface area contributed by atoms with Gasteiger partial charge in [-0.05, 0) is 26.3 Å². The van der Waals surface area contributed by atoms with Crippen molar-refractivity contribution < 1.29 is 14.7 Å². The van der Waals surface area contributed by atoms with E-state index in [0.29, 0.717) is 12.1 Å². The average Bonchev–Trinajstić information content (AvgIpc) is 2.23. The lowest BCUT2D eigenvalue weighted by atomic mass is 10.2. The van der Waals surface area contributed by atoms with E-state index in [1.807, 2.05) is 13.8 Å². The van der Waals surface area contributed by atoms with Crippen LogP contribution < -0.4 is 5.32 Å². The minimum absolute atomic E-state index is 0.0141. The highest BCUT2D eigenvalue weighted by molar-refractivity contribution is 5.78. The predicted octanol–water partition coefficient (Wildman–Crippen LogP) is 2.39. The van der Waals surface area contributed by atoms with Crippen molar-refractivity contribution in [2.45, 2.75) is 33.1 Å². The highest BCUT2D eigenvalue weighted by Gasteiger charge is 2.04. The maximum Gasteiger partial charge on any atom is 0.303 e. The molecule has 0 heterocycles. The molecule has 0 bridgehead atoms. The smallest absolute Gasteiger partial charge is 0.303 e. The number of amides is 1. The zero-order chi connectivity index (χ0) is 13.3. The molecule has 0 aliphatic rings. The van der Waals surface area contributed by atoms with Gasteiger partial charge in [0.1, 0.15) is 0 Å². The maximum atomic E-state index is 11.4. The highest BCUT2D eigenvalue weighted by Crippen LogP contribution is 2.00. The van der Waals surface area contributed by atoms with Gasteiger partial charge in [0.2, 0.25) is 5.91 Å². The minimum Gasteiger partial charge on any atom is -0.481 e. The summed E-state index contributed by atoms with van der Waals surface area (Å²) in [5, 5.41) is 11.1. The number of allylic oxidation sites excluding steroid dienone is 4. The molecule has 0 saturated heterocycles. The van der Waals surface area contributed by atoms with E-state index in [0.717, 1.165) is 5.57 Å². The van der Waals surface area contributed by atoms with Crippen LogP contribution in [0.25, 0.3) is 0 Å². The number of rotatable bonds is 7. The van der Waals surface area contributed by atoms with Crippen molar-refractivity contribution in [1.82, 2.24) is 5.32 Å². The molecule has 0 aromatic carbocycles. The Morgan fingerprint density at radius 1 is 1.29 bits per heavy atom. The summed E-state index contributed by atoms with van der Waals surface area (Å²) in [7, 11) is 0. The van der Waals surface area contributed by atoms with Crippen molar-refractivity contribution in [2.75, 3.05) is 0 Å². The van der Waals surface area contributed by atoms with Gasteiger partial charge in [0.05, 0.1) is 0 Å². The Balaban J connectivity index is 4.08. The van der Waals surface area contributed by atoms with Gasteiger partial charge in [-0.25, -0.2) is 0 Å². The predicted molar refractivity (Wildman–Crippen MR) is 67.3 cm³/mol. The molecule has 4 heteroatoms. The number of hydrogen-bond donors (Lipinski definition) is 2. The Hall–Kier alpha value is -1.84. The Labute approximate surface area is 102 Å². The van der Waals surface area contributed by atoms with E-state index >= 15 is 0 Å². The Morgan fingerprint density at radius 2 is 1.94 bits per heavy atom. The first-order valence-electron chi connectivity index (χ1n) is 5.47. The number of carbonyl (C=O) groups excluding carboxylic acids is 1. The zero-order valence-corrected chi connectivity index (χ0v) is 10.3. The lowest BCUT2D eigenvalue weighted by Crippen LogP contribution is -2.21. The third-order valence-electron chi connectivity index (χ3n) is 1.94. The van der Waals surface area contributed by atoms with Crippen LogP contribution >= 0.6 is 0 Å². The molecule has 0 fully saturated rings. The van der Waals surface area contributed by atoms with Gasteiger partial charge in [-0.15, -0.1) is 0 Å². The van der Waals surface area contributed by atoms with Gasteiger partial charge in [0.15, 0.2) is 0 Å². The summed E-state index contributed by atoms with van der Waals surface area (Å²) in [5.74, 6) is -1.06. The fourth-order valence-electron chi connectivity index (χ4n) is 1.07. The normalized spacial score (nSPS) is 11.5. The SMILES string of the molecule is C=C(C)/C=C\C(=C/C)NC(=O)CCCC(=O)O. The molecular weight excluding hydrogens is 218 g/mol. The summed E-state index contributed by atoms with van der Waals surface area (Å²) >= 11 is 0. The first kappa shape index (κ1) is 15.2. The number of carboxylic acids is 1. The first-order valence-corrected chi connectivity index (χ1v) is 5.47. The molecule has 0 unspecified atom stereocenters. The van der Waals surface area contributed by atoms with Gasteiger partial charge in [0.25, 0.3) is 0 Å². The monoisotopic (exact) mass is 237 g/mol. The van der Waals surface area contributed by atoms with Gasteiger partial charge in [-0.3, -0.25) is 9.59 Å². The van der Waals surface area contributed by atoms with E-state index in [4.69, 9.17) is 5.11 Å². The molecular formula is C13H19NO3. The molecule has 0 aromatic rings. The number of nitrogens with one attached hydrogen (secondary N) is 1. The van der Waals surface area contributed by atoms with E-state index in [9.17, 15) is 9.59 Å². The molecule has 0 atom stereocenters. The molecule has 17 heavy (non-hydrogen) atoms. The topological polar surface area (TPSA) is 66.4 Å². The summed E-state index contributed by atoms with van der Waals surface area (Å²) < 4.78 is 0. The van der Waals surface area contributed by atoms with E-state index in [2.05, 4.69) is 11.9 Å². The lowest BCUT2D eigenvalue weighted by Gasteiger charge is -2.04. The summed E-state index contributed by atoms with van der Waals surface area (Å²) in [4.78, 5) is 21.7. The fourth-order valence-corrected chi connectivity index (χ4v) is 1.07. The third-order valence-corrected chi connectivity index (χ3v) is 1.94. The molecule has 0 spiro atoms. The van der Waals surface area contributed by atoms with Crippen LogP contribution in [0.4, 0.5) is 0 Å². The Morgan fingerprint density at radius 3 is 2.41 bits per heavy atom. The Kier molecular flexibility index (Phi) is 7.43. The molecule has 4 nitrogen and oxygen atoms in total. The molecule has 94 valence electrons. The number of carbonyl (C=O) groups is 2. The third kappa shape index (κ3) is 9.11. The van der Waals surface area contributed by atoms with Crippen LogP contribution in [0.2, 0.25) is 0 Å². The average molecular weight is 237 g/mol. The molecule has 0 aliphatic heterocycles. The van der Waals surface area contributed by atoms with Crippen LogP contribution in [-0.4, -0.2) is 17.0 Å². The van der Waals surface area contributed by atoms with Crippen LogP contribution in [0.1, 0.15) is 33.1 Å². The second-order valence-electron chi connectivity index (χ2n) is 3.72. The molecule has 0 aromatic heterocycles. The number of hydrogen-bond acceptors (Lipinski definition) is 2. The molecule has 0 radical (unpaired) electrons. The maximum absolute atomic E-state index is 11.4. The number of aliphatic carboxylic acids is 1. The van der Waals surface area contributed by atoms with Crippen LogP contribution in [0.5, 0.6) is 0 Å². The van der Waals surface area contributed by atoms with E-state index in [-0.39, 0.29) is 18.7 Å². The van der Waals surface area contributed by atoms with E-state index < -0.39 is 5.97 Å². The summed E-state index contributed by atoms with van der Waals surface area (Å²) in [5.41, 5.74) is 1.58. The van der Waals surface area contributed by atoms with Gasteiger partial charge in [-0.2, -0.15) is 0 Å². The van der Waals surface area contributed by atoms with Crippen molar-refractivity contribution in [3.8, 4) is 0 Å². The standard InChI is InChI=1S/C13H19NO3/c1-4-11(9-8-10(2)3)14-12(15)6-5-7-13(16)17/h4,8-9H,2,5-7H2,1,3H3,(H,14,15)(H,16,17)/b9-8-,11-4+.